The number of carbonyl (C=O) groups is 1. The first-order valence-electron chi connectivity index (χ1n) is 7.04. The van der Waals surface area contributed by atoms with Gasteiger partial charge in [-0.15, -0.1) is 0 Å². The molecule has 1 saturated carbocycles. The molecule has 4 nitrogen and oxygen atoms in total. The van der Waals surface area contributed by atoms with Crippen molar-refractivity contribution in [1.29, 1.82) is 0 Å². The summed E-state index contributed by atoms with van der Waals surface area (Å²) in [4.78, 5) is 12.6. The maximum absolute atomic E-state index is 12.6. The lowest BCUT2D eigenvalue weighted by molar-refractivity contribution is -0.198. The van der Waals surface area contributed by atoms with Crippen molar-refractivity contribution in [2.75, 3.05) is 6.61 Å². The second kappa shape index (κ2) is 3.13. The van der Waals surface area contributed by atoms with Crippen molar-refractivity contribution in [2.24, 2.45) is 10.8 Å². The minimum Gasteiger partial charge on any atom is -0.389 e. The Morgan fingerprint density at radius 2 is 2.11 bits per heavy atom. The summed E-state index contributed by atoms with van der Waals surface area (Å²) < 4.78 is 11.9. The zero-order valence-corrected chi connectivity index (χ0v) is 11.6. The Bertz CT molecular complexity index is 506. The van der Waals surface area contributed by atoms with Crippen molar-refractivity contribution in [3.05, 3.63) is 11.6 Å². The van der Waals surface area contributed by atoms with Crippen LogP contribution in [0.25, 0.3) is 0 Å². The second-order valence-electron chi connectivity index (χ2n) is 7.02. The maximum Gasteiger partial charge on any atom is 0.145 e. The van der Waals surface area contributed by atoms with Crippen molar-refractivity contribution in [2.45, 2.75) is 57.5 Å². The monoisotopic (exact) mass is 264 g/mol. The molecular weight excluding hydrogens is 244 g/mol. The zero-order valence-electron chi connectivity index (χ0n) is 11.6. The lowest BCUT2D eigenvalue weighted by Gasteiger charge is -2.56. The predicted octanol–water partition coefficient (Wildman–Crippen LogP) is 1.22. The first-order valence-corrected chi connectivity index (χ1v) is 7.04. The van der Waals surface area contributed by atoms with Crippen molar-refractivity contribution < 1.29 is 19.4 Å². The number of aliphatic hydroxyl groups excluding tert-OH is 1. The van der Waals surface area contributed by atoms with E-state index in [1.807, 2.05) is 19.9 Å². The number of rotatable bonds is 0. The van der Waals surface area contributed by atoms with Crippen LogP contribution in [0.1, 0.15) is 33.6 Å². The Labute approximate surface area is 112 Å². The van der Waals surface area contributed by atoms with Gasteiger partial charge in [-0.2, -0.15) is 0 Å². The fraction of sp³-hybridized carbons (Fsp3) is 0.800. The highest BCUT2D eigenvalue weighted by atomic mass is 16.6. The number of ketones is 1. The Morgan fingerprint density at radius 1 is 1.42 bits per heavy atom. The third-order valence-electron chi connectivity index (χ3n) is 6.39. The van der Waals surface area contributed by atoms with E-state index >= 15 is 0 Å². The molecule has 1 spiro atoms. The zero-order chi connectivity index (χ0) is 13.6. The SMILES string of the molecule is CC1=C[C@H]2O[C@@H]3CC(=O)C(C)([C@@]2(C)C[C@@H]1O)[C@@]31CO1. The van der Waals surface area contributed by atoms with Gasteiger partial charge in [0.2, 0.25) is 0 Å². The smallest absolute Gasteiger partial charge is 0.145 e. The molecule has 0 aromatic rings. The van der Waals surface area contributed by atoms with E-state index in [1.54, 1.807) is 0 Å². The van der Waals surface area contributed by atoms with Gasteiger partial charge in [-0.25, -0.2) is 0 Å². The third kappa shape index (κ3) is 1.08. The van der Waals surface area contributed by atoms with E-state index in [0.717, 1.165) is 5.57 Å². The fourth-order valence-corrected chi connectivity index (χ4v) is 4.68. The molecule has 6 atom stereocenters. The van der Waals surface area contributed by atoms with Gasteiger partial charge >= 0.3 is 0 Å². The fourth-order valence-electron chi connectivity index (χ4n) is 4.68. The summed E-state index contributed by atoms with van der Waals surface area (Å²) in [5.41, 5.74) is -0.391. The van der Waals surface area contributed by atoms with Gasteiger partial charge in [-0.1, -0.05) is 13.0 Å². The topological polar surface area (TPSA) is 59.1 Å². The van der Waals surface area contributed by atoms with Crippen LogP contribution in [-0.2, 0) is 14.3 Å². The van der Waals surface area contributed by atoms with Crippen LogP contribution in [0.5, 0.6) is 0 Å². The number of Topliss-reactive ketones (excluding diaryl/α,β-unsaturated/α-hetero) is 1. The highest BCUT2D eigenvalue weighted by Gasteiger charge is 2.81. The standard InChI is InChI=1S/C15H20O4/c1-8-4-11-13(2,6-9(8)16)14(3)10(17)5-12(19-11)15(14)7-18-15/h4,9,11-12,16H,5-7H2,1-3H3/t9-,11+,12+,13-,14?,15+/m0/s1. The van der Waals surface area contributed by atoms with Crippen molar-refractivity contribution in [1.82, 2.24) is 0 Å². The highest BCUT2D eigenvalue weighted by Crippen LogP contribution is 2.69. The number of fused-ring (bicyclic) bond motifs is 2. The lowest BCUT2D eigenvalue weighted by Crippen LogP contribution is -2.64. The van der Waals surface area contributed by atoms with E-state index < -0.39 is 17.1 Å². The summed E-state index contributed by atoms with van der Waals surface area (Å²) in [5, 5.41) is 10.2. The molecule has 1 unspecified atom stereocenters. The van der Waals surface area contributed by atoms with Crippen molar-refractivity contribution in [3.8, 4) is 0 Å². The molecule has 104 valence electrons. The van der Waals surface area contributed by atoms with E-state index in [-0.39, 0.29) is 23.4 Å². The normalized spacial score (nSPS) is 59.1. The Kier molecular flexibility index (Phi) is 1.99. The molecule has 4 heteroatoms. The molecule has 4 rings (SSSR count). The molecule has 2 saturated heterocycles. The van der Waals surface area contributed by atoms with Crippen LogP contribution >= 0.6 is 0 Å². The quantitative estimate of drug-likeness (QED) is 0.528. The predicted molar refractivity (Wildman–Crippen MR) is 67.6 cm³/mol. The van der Waals surface area contributed by atoms with Gasteiger partial charge in [0, 0.05) is 11.8 Å². The van der Waals surface area contributed by atoms with Crippen LogP contribution in [0.2, 0.25) is 0 Å². The molecule has 4 aliphatic rings. The lowest BCUT2D eigenvalue weighted by atomic mass is 9.52. The summed E-state index contributed by atoms with van der Waals surface area (Å²) in [6.45, 7) is 6.64. The summed E-state index contributed by atoms with van der Waals surface area (Å²) in [6, 6.07) is 0. The maximum atomic E-state index is 12.6. The van der Waals surface area contributed by atoms with Gasteiger partial charge in [-0.05, 0) is 25.8 Å². The van der Waals surface area contributed by atoms with Crippen LogP contribution < -0.4 is 0 Å². The van der Waals surface area contributed by atoms with Crippen molar-refractivity contribution >= 4 is 5.78 Å². The molecule has 2 bridgehead atoms. The molecular formula is C15H20O4. The number of hydrogen-bond donors (Lipinski definition) is 1. The third-order valence-corrected chi connectivity index (χ3v) is 6.39. The minimum absolute atomic E-state index is 0.0906. The van der Waals surface area contributed by atoms with E-state index in [1.165, 1.54) is 0 Å². The van der Waals surface area contributed by atoms with E-state index in [2.05, 4.69) is 6.92 Å². The summed E-state index contributed by atoms with van der Waals surface area (Å²) >= 11 is 0. The number of aliphatic hydroxyl groups is 1. The van der Waals surface area contributed by atoms with Crippen LogP contribution in [0.15, 0.2) is 11.6 Å². The number of epoxide rings is 1. The highest BCUT2D eigenvalue weighted by molar-refractivity contribution is 5.92. The molecule has 2 aliphatic carbocycles. The van der Waals surface area contributed by atoms with E-state index in [0.29, 0.717) is 19.4 Å². The van der Waals surface area contributed by atoms with Gasteiger partial charge in [0.25, 0.3) is 0 Å². The Hall–Kier alpha value is -0.710. The molecule has 2 heterocycles. The minimum atomic E-state index is -0.536. The van der Waals surface area contributed by atoms with Crippen LogP contribution in [0.4, 0.5) is 0 Å². The Morgan fingerprint density at radius 3 is 2.74 bits per heavy atom. The molecule has 19 heavy (non-hydrogen) atoms. The average Bonchev–Trinajstić information content (AvgIpc) is 3.10. The van der Waals surface area contributed by atoms with E-state index in [9.17, 15) is 9.90 Å². The summed E-state index contributed by atoms with van der Waals surface area (Å²) in [5.74, 6) is 0.236. The molecule has 0 radical (unpaired) electrons. The average molecular weight is 264 g/mol. The number of carbonyl (C=O) groups excluding carboxylic acids is 1. The van der Waals surface area contributed by atoms with Gasteiger partial charge in [0.15, 0.2) is 0 Å². The first kappa shape index (κ1) is 12.1. The molecule has 0 amide bonds. The summed E-state index contributed by atoms with van der Waals surface area (Å²) in [6.07, 6.45) is 2.34. The van der Waals surface area contributed by atoms with Gasteiger partial charge in [0.05, 0.1) is 30.3 Å². The first-order chi connectivity index (χ1) is 8.85. The molecule has 0 aromatic heterocycles. The Balaban J connectivity index is 1.90. The van der Waals surface area contributed by atoms with Gasteiger partial charge in [0.1, 0.15) is 11.4 Å². The largest absolute Gasteiger partial charge is 0.389 e. The van der Waals surface area contributed by atoms with Crippen molar-refractivity contribution in [3.63, 3.8) is 0 Å². The second-order valence-corrected chi connectivity index (χ2v) is 7.02. The van der Waals surface area contributed by atoms with E-state index in [4.69, 9.17) is 9.47 Å². The summed E-state index contributed by atoms with van der Waals surface area (Å²) in [7, 11) is 0. The molecule has 1 N–H and O–H groups in total. The van der Waals surface area contributed by atoms with Crippen LogP contribution in [0, 0.1) is 10.8 Å². The molecule has 0 aromatic carbocycles. The van der Waals surface area contributed by atoms with Crippen LogP contribution in [-0.4, -0.2) is 41.4 Å². The van der Waals surface area contributed by atoms with Gasteiger partial charge < -0.3 is 14.6 Å². The molecule has 2 aliphatic heterocycles. The molecule has 3 fully saturated rings. The number of hydrogen-bond acceptors (Lipinski definition) is 4. The number of ether oxygens (including phenoxy) is 2. The van der Waals surface area contributed by atoms with Crippen LogP contribution in [0.3, 0.4) is 0 Å². The van der Waals surface area contributed by atoms with Gasteiger partial charge in [-0.3, -0.25) is 4.79 Å².